The largest absolute Gasteiger partial charge is 0.497 e. The van der Waals surface area contributed by atoms with Crippen LogP contribution in [0, 0.1) is 5.82 Å². The van der Waals surface area contributed by atoms with Gasteiger partial charge in [0.25, 0.3) is 0 Å². The van der Waals surface area contributed by atoms with Crippen molar-refractivity contribution in [3.8, 4) is 17.2 Å². The molecule has 0 saturated carbocycles. The standard InChI is InChI=1S/C20H18FNO5S/c1-24-17-7-13(8-18(9-17)25-2)20(23)27-10-15-12-28-19(22-15)11-26-16-5-3-14(21)4-6-16/h3-9,12H,10-11H2,1-2H3. The number of benzene rings is 2. The van der Waals surface area contributed by atoms with Crippen LogP contribution in [0.25, 0.3) is 0 Å². The SMILES string of the molecule is COc1cc(OC)cc(C(=O)OCc2csc(COc3ccc(F)cc3)n2)c1. The van der Waals surface area contributed by atoms with Gasteiger partial charge < -0.3 is 18.9 Å². The Hall–Kier alpha value is -3.13. The van der Waals surface area contributed by atoms with Crippen LogP contribution in [-0.2, 0) is 18.0 Å². The summed E-state index contributed by atoms with van der Waals surface area (Å²) in [5, 5.41) is 2.52. The summed E-state index contributed by atoms with van der Waals surface area (Å²) in [6.07, 6.45) is 0. The van der Waals surface area contributed by atoms with Crippen LogP contribution in [-0.4, -0.2) is 25.2 Å². The lowest BCUT2D eigenvalue weighted by Crippen LogP contribution is -2.06. The summed E-state index contributed by atoms with van der Waals surface area (Å²) in [5.41, 5.74) is 0.942. The summed E-state index contributed by atoms with van der Waals surface area (Å²) in [6.45, 7) is 0.280. The Morgan fingerprint density at radius 3 is 2.32 bits per heavy atom. The molecule has 1 aromatic heterocycles. The highest BCUT2D eigenvalue weighted by molar-refractivity contribution is 7.09. The van der Waals surface area contributed by atoms with E-state index in [1.807, 2.05) is 0 Å². The normalized spacial score (nSPS) is 10.4. The minimum atomic E-state index is -0.505. The molecule has 0 fully saturated rings. The van der Waals surface area contributed by atoms with Gasteiger partial charge in [0.2, 0.25) is 0 Å². The van der Waals surface area contributed by atoms with Crippen molar-refractivity contribution in [2.75, 3.05) is 14.2 Å². The lowest BCUT2D eigenvalue weighted by molar-refractivity contribution is 0.0467. The van der Waals surface area contributed by atoms with Gasteiger partial charge in [-0.25, -0.2) is 14.2 Å². The number of aromatic nitrogens is 1. The van der Waals surface area contributed by atoms with E-state index >= 15 is 0 Å². The van der Waals surface area contributed by atoms with Crippen LogP contribution in [0.1, 0.15) is 21.1 Å². The van der Waals surface area contributed by atoms with Gasteiger partial charge in [-0.1, -0.05) is 0 Å². The molecule has 2 aromatic carbocycles. The lowest BCUT2D eigenvalue weighted by atomic mass is 10.2. The topological polar surface area (TPSA) is 66.9 Å². The van der Waals surface area contributed by atoms with E-state index in [0.717, 1.165) is 5.01 Å². The van der Waals surface area contributed by atoms with E-state index in [1.54, 1.807) is 35.7 Å². The number of ether oxygens (including phenoxy) is 4. The van der Waals surface area contributed by atoms with E-state index in [2.05, 4.69) is 4.98 Å². The lowest BCUT2D eigenvalue weighted by Gasteiger charge is -2.08. The van der Waals surface area contributed by atoms with E-state index in [9.17, 15) is 9.18 Å². The molecule has 0 aliphatic carbocycles. The molecule has 0 N–H and O–H groups in total. The number of carbonyl (C=O) groups is 1. The van der Waals surface area contributed by atoms with Gasteiger partial charge in [0.1, 0.15) is 41.3 Å². The van der Waals surface area contributed by atoms with Crippen molar-refractivity contribution in [3.05, 3.63) is 69.9 Å². The van der Waals surface area contributed by atoms with Crippen molar-refractivity contribution in [2.24, 2.45) is 0 Å². The average molecular weight is 403 g/mol. The Morgan fingerprint density at radius 2 is 1.68 bits per heavy atom. The second-order valence-electron chi connectivity index (χ2n) is 5.65. The predicted molar refractivity (Wildman–Crippen MR) is 102 cm³/mol. The van der Waals surface area contributed by atoms with Gasteiger partial charge in [0.15, 0.2) is 0 Å². The van der Waals surface area contributed by atoms with E-state index in [-0.39, 0.29) is 19.0 Å². The molecule has 0 saturated heterocycles. The number of hydrogen-bond acceptors (Lipinski definition) is 7. The predicted octanol–water partition coefficient (Wildman–Crippen LogP) is 4.24. The number of thiazole rings is 1. The number of rotatable bonds is 8. The van der Waals surface area contributed by atoms with Crippen LogP contribution in [0.15, 0.2) is 47.8 Å². The first kappa shape index (κ1) is 19.6. The average Bonchev–Trinajstić information content (AvgIpc) is 3.19. The molecule has 0 spiro atoms. The van der Waals surface area contributed by atoms with Gasteiger partial charge in [-0.05, 0) is 36.4 Å². The van der Waals surface area contributed by atoms with Crippen LogP contribution in [0.5, 0.6) is 17.2 Å². The Morgan fingerprint density at radius 1 is 1.00 bits per heavy atom. The third-order valence-electron chi connectivity index (χ3n) is 3.71. The summed E-state index contributed by atoms with van der Waals surface area (Å²) >= 11 is 1.39. The summed E-state index contributed by atoms with van der Waals surface area (Å²) < 4.78 is 34.1. The van der Waals surface area contributed by atoms with Crippen molar-refractivity contribution in [1.82, 2.24) is 4.98 Å². The van der Waals surface area contributed by atoms with Crippen molar-refractivity contribution < 1.29 is 28.1 Å². The van der Waals surface area contributed by atoms with Gasteiger partial charge in [-0.3, -0.25) is 0 Å². The monoisotopic (exact) mass is 403 g/mol. The zero-order valence-corrected chi connectivity index (χ0v) is 16.1. The van der Waals surface area contributed by atoms with Crippen LogP contribution in [0.2, 0.25) is 0 Å². The van der Waals surface area contributed by atoms with Crippen LogP contribution in [0.3, 0.4) is 0 Å². The van der Waals surface area contributed by atoms with E-state index in [1.165, 1.54) is 37.7 Å². The van der Waals surface area contributed by atoms with Crippen molar-refractivity contribution in [2.45, 2.75) is 13.2 Å². The molecule has 0 aliphatic heterocycles. The molecule has 1 heterocycles. The molecule has 0 aliphatic rings. The third kappa shape index (κ3) is 5.20. The molecule has 3 rings (SSSR count). The molecule has 6 nitrogen and oxygen atoms in total. The minimum Gasteiger partial charge on any atom is -0.497 e. The highest BCUT2D eigenvalue weighted by Gasteiger charge is 2.13. The maximum Gasteiger partial charge on any atom is 0.338 e. The van der Waals surface area contributed by atoms with Gasteiger partial charge in [0.05, 0.1) is 25.5 Å². The molecule has 0 radical (unpaired) electrons. The molecule has 0 amide bonds. The summed E-state index contributed by atoms with van der Waals surface area (Å²) in [5.74, 6) is 0.727. The number of methoxy groups -OCH3 is 2. The molecule has 3 aromatic rings. The van der Waals surface area contributed by atoms with E-state index in [0.29, 0.717) is 28.5 Å². The highest BCUT2D eigenvalue weighted by atomic mass is 32.1. The maximum atomic E-state index is 12.9. The van der Waals surface area contributed by atoms with Crippen LogP contribution < -0.4 is 14.2 Å². The second-order valence-corrected chi connectivity index (χ2v) is 6.60. The number of hydrogen-bond donors (Lipinski definition) is 0. The van der Waals surface area contributed by atoms with Crippen molar-refractivity contribution >= 4 is 17.3 Å². The van der Waals surface area contributed by atoms with Gasteiger partial charge in [-0.2, -0.15) is 0 Å². The number of esters is 1. The smallest absolute Gasteiger partial charge is 0.338 e. The molecule has 0 unspecified atom stereocenters. The zero-order chi connectivity index (χ0) is 19.9. The summed E-state index contributed by atoms with van der Waals surface area (Å²) in [6, 6.07) is 10.6. The molecule has 0 atom stereocenters. The van der Waals surface area contributed by atoms with Gasteiger partial charge in [0, 0.05) is 11.4 Å². The highest BCUT2D eigenvalue weighted by Crippen LogP contribution is 2.23. The Bertz CT molecular complexity index is 920. The first-order valence-corrected chi connectivity index (χ1v) is 9.17. The van der Waals surface area contributed by atoms with Gasteiger partial charge in [-0.15, -0.1) is 11.3 Å². The van der Waals surface area contributed by atoms with Crippen LogP contribution in [0.4, 0.5) is 4.39 Å². The third-order valence-corrected chi connectivity index (χ3v) is 4.58. The Labute approximate surface area is 165 Å². The molecule has 146 valence electrons. The molecular formula is C20H18FNO5S. The maximum absolute atomic E-state index is 12.9. The van der Waals surface area contributed by atoms with Crippen LogP contribution >= 0.6 is 11.3 Å². The van der Waals surface area contributed by atoms with E-state index in [4.69, 9.17) is 18.9 Å². The quantitative estimate of drug-likeness (QED) is 0.524. The van der Waals surface area contributed by atoms with Gasteiger partial charge >= 0.3 is 5.97 Å². The number of nitrogens with zero attached hydrogens (tertiary/aromatic N) is 1. The summed E-state index contributed by atoms with van der Waals surface area (Å²) in [7, 11) is 3.02. The van der Waals surface area contributed by atoms with Crippen molar-refractivity contribution in [3.63, 3.8) is 0 Å². The van der Waals surface area contributed by atoms with Crippen molar-refractivity contribution in [1.29, 1.82) is 0 Å². The first-order valence-electron chi connectivity index (χ1n) is 8.29. The fraction of sp³-hybridized carbons (Fsp3) is 0.200. The molecule has 0 bridgehead atoms. The fourth-order valence-electron chi connectivity index (χ4n) is 2.31. The molecule has 28 heavy (non-hydrogen) atoms. The Kier molecular flexibility index (Phi) is 6.44. The fourth-order valence-corrected chi connectivity index (χ4v) is 3.00. The number of halogens is 1. The second kappa shape index (κ2) is 9.18. The molecular weight excluding hydrogens is 385 g/mol. The summed E-state index contributed by atoms with van der Waals surface area (Å²) in [4.78, 5) is 16.7. The zero-order valence-electron chi connectivity index (χ0n) is 15.3. The van der Waals surface area contributed by atoms with E-state index < -0.39 is 5.97 Å². The Balaban J connectivity index is 1.55. The molecule has 8 heteroatoms. The first-order chi connectivity index (χ1) is 13.6. The number of carbonyl (C=O) groups excluding carboxylic acids is 1. The minimum absolute atomic E-state index is 0.0331.